The first-order valence-corrected chi connectivity index (χ1v) is 8.35. The zero-order valence-corrected chi connectivity index (χ0v) is 13.0. The molecule has 0 radical (unpaired) electrons. The maximum absolute atomic E-state index is 10.1. The summed E-state index contributed by atoms with van der Waals surface area (Å²) in [6.07, 6.45) is 1.39. The van der Waals surface area contributed by atoms with E-state index in [-0.39, 0.29) is 61.9 Å². The summed E-state index contributed by atoms with van der Waals surface area (Å²) in [7, 11) is 0. The van der Waals surface area contributed by atoms with Gasteiger partial charge in [0, 0.05) is 50.1 Å². The summed E-state index contributed by atoms with van der Waals surface area (Å²) >= 11 is 0. The molecule has 2 fully saturated rings. The molecule has 0 spiro atoms. The number of aliphatic hydroxyl groups excluding tert-OH is 6. The topological polar surface area (TPSA) is 121 Å². The van der Waals surface area contributed by atoms with Crippen LogP contribution in [0.3, 0.4) is 0 Å². The lowest BCUT2D eigenvalue weighted by atomic mass is 9.62. The molecule has 4 atom stereocenters. The predicted octanol–water partition coefficient (Wildman–Crippen LogP) is -1.04. The number of hydrogen-bond acceptors (Lipinski definition) is 6. The summed E-state index contributed by atoms with van der Waals surface area (Å²) in [6.45, 7) is -0.403. The molecular weight excluding hydrogens is 288 g/mol. The molecule has 0 amide bonds. The van der Waals surface area contributed by atoms with Gasteiger partial charge in [0.1, 0.15) is 0 Å². The zero-order valence-electron chi connectivity index (χ0n) is 13.0. The molecule has 2 aliphatic carbocycles. The number of hydrogen-bond donors (Lipinski definition) is 6. The first-order valence-electron chi connectivity index (χ1n) is 8.35. The van der Waals surface area contributed by atoms with Crippen molar-refractivity contribution in [2.24, 2.45) is 35.5 Å². The molecule has 4 unspecified atom stereocenters. The van der Waals surface area contributed by atoms with Crippen molar-refractivity contribution in [3.05, 3.63) is 0 Å². The van der Waals surface area contributed by atoms with Gasteiger partial charge < -0.3 is 30.6 Å². The van der Waals surface area contributed by atoms with Crippen LogP contribution in [0.4, 0.5) is 0 Å². The van der Waals surface area contributed by atoms with E-state index < -0.39 is 12.2 Å². The molecular formula is C16H30O6. The molecule has 0 aromatic carbocycles. The SMILES string of the molecule is OCC1CC(C2CC(CO)C(O)C(CO)C2)CC(CO)C1O. The minimum absolute atomic E-state index is 0.101. The lowest BCUT2D eigenvalue weighted by molar-refractivity contribution is -0.0862. The van der Waals surface area contributed by atoms with Gasteiger partial charge in [0.2, 0.25) is 0 Å². The lowest BCUT2D eigenvalue weighted by Crippen LogP contribution is -2.47. The van der Waals surface area contributed by atoms with E-state index in [2.05, 4.69) is 0 Å². The standard InChI is InChI=1S/C16H30O6/c17-5-11-1-9(2-12(6-18)15(11)21)10-3-13(7-19)16(22)14(4-10)8-20/h9-22H,1-8H2. The molecule has 0 bridgehead atoms. The fourth-order valence-corrected chi connectivity index (χ4v) is 4.58. The normalized spacial score (nSPS) is 46.6. The van der Waals surface area contributed by atoms with Gasteiger partial charge in [0.25, 0.3) is 0 Å². The molecule has 2 saturated carbocycles. The van der Waals surface area contributed by atoms with Crippen molar-refractivity contribution in [1.82, 2.24) is 0 Å². The molecule has 0 heterocycles. The zero-order chi connectivity index (χ0) is 16.3. The van der Waals surface area contributed by atoms with Gasteiger partial charge in [-0.25, -0.2) is 0 Å². The molecule has 0 aromatic heterocycles. The average molecular weight is 318 g/mol. The van der Waals surface area contributed by atoms with E-state index in [9.17, 15) is 30.6 Å². The third kappa shape index (κ3) is 3.63. The van der Waals surface area contributed by atoms with Crippen molar-refractivity contribution < 1.29 is 30.6 Å². The molecule has 6 nitrogen and oxygen atoms in total. The second kappa shape index (κ2) is 8.04. The van der Waals surface area contributed by atoms with Crippen molar-refractivity contribution in [3.8, 4) is 0 Å². The molecule has 6 N–H and O–H groups in total. The van der Waals surface area contributed by atoms with Gasteiger partial charge in [-0.3, -0.25) is 0 Å². The Morgan fingerprint density at radius 2 is 0.727 bits per heavy atom. The predicted molar refractivity (Wildman–Crippen MR) is 79.8 cm³/mol. The minimum Gasteiger partial charge on any atom is -0.396 e. The summed E-state index contributed by atoms with van der Waals surface area (Å²) in [5, 5.41) is 58.2. The second-order valence-corrected chi connectivity index (χ2v) is 7.21. The van der Waals surface area contributed by atoms with Crippen LogP contribution in [0.15, 0.2) is 0 Å². The highest BCUT2D eigenvalue weighted by Crippen LogP contribution is 2.45. The van der Waals surface area contributed by atoms with Crippen LogP contribution in [0.25, 0.3) is 0 Å². The van der Waals surface area contributed by atoms with Gasteiger partial charge in [-0.15, -0.1) is 0 Å². The van der Waals surface area contributed by atoms with E-state index in [1.54, 1.807) is 0 Å². The molecule has 22 heavy (non-hydrogen) atoms. The second-order valence-electron chi connectivity index (χ2n) is 7.21. The fraction of sp³-hybridized carbons (Fsp3) is 1.00. The van der Waals surface area contributed by atoms with Crippen LogP contribution in [0, 0.1) is 35.5 Å². The van der Waals surface area contributed by atoms with Gasteiger partial charge in [0.05, 0.1) is 12.2 Å². The van der Waals surface area contributed by atoms with E-state index in [1.807, 2.05) is 0 Å². The summed E-state index contributed by atoms with van der Waals surface area (Å²) in [4.78, 5) is 0. The third-order valence-electron chi connectivity index (χ3n) is 5.96. The van der Waals surface area contributed by atoms with Crippen molar-refractivity contribution in [2.75, 3.05) is 26.4 Å². The Bertz CT molecular complexity index is 279. The van der Waals surface area contributed by atoms with Gasteiger partial charge in [-0.1, -0.05) is 0 Å². The van der Waals surface area contributed by atoms with Crippen LogP contribution in [-0.2, 0) is 0 Å². The lowest BCUT2D eigenvalue weighted by Gasteiger charge is -2.46. The molecule has 0 saturated heterocycles. The van der Waals surface area contributed by atoms with Crippen LogP contribution >= 0.6 is 0 Å². The molecule has 0 aromatic rings. The van der Waals surface area contributed by atoms with E-state index in [1.165, 1.54) is 0 Å². The fourth-order valence-electron chi connectivity index (χ4n) is 4.58. The smallest absolute Gasteiger partial charge is 0.0640 e. The highest BCUT2D eigenvalue weighted by Gasteiger charge is 2.43. The molecule has 2 aliphatic rings. The van der Waals surface area contributed by atoms with Gasteiger partial charge in [-0.2, -0.15) is 0 Å². The largest absolute Gasteiger partial charge is 0.396 e. The van der Waals surface area contributed by atoms with Gasteiger partial charge in [-0.05, 0) is 37.5 Å². The van der Waals surface area contributed by atoms with Crippen molar-refractivity contribution >= 4 is 0 Å². The van der Waals surface area contributed by atoms with Crippen LogP contribution in [-0.4, -0.2) is 69.3 Å². The minimum atomic E-state index is -0.678. The molecule has 0 aliphatic heterocycles. The van der Waals surface area contributed by atoms with E-state index in [4.69, 9.17) is 0 Å². The Kier molecular flexibility index (Phi) is 6.61. The first kappa shape index (κ1) is 18.1. The average Bonchev–Trinajstić information content (AvgIpc) is 2.55. The Hall–Kier alpha value is -0.240. The highest BCUT2D eigenvalue weighted by atomic mass is 16.3. The number of rotatable bonds is 5. The Balaban J connectivity index is 2.09. The van der Waals surface area contributed by atoms with Crippen LogP contribution in [0.2, 0.25) is 0 Å². The van der Waals surface area contributed by atoms with Crippen LogP contribution in [0.5, 0.6) is 0 Å². The Morgan fingerprint density at radius 3 is 0.909 bits per heavy atom. The van der Waals surface area contributed by atoms with E-state index in [0.717, 1.165) is 0 Å². The monoisotopic (exact) mass is 318 g/mol. The first-order chi connectivity index (χ1) is 10.5. The van der Waals surface area contributed by atoms with Crippen LogP contribution < -0.4 is 0 Å². The highest BCUT2D eigenvalue weighted by molar-refractivity contribution is 4.93. The van der Waals surface area contributed by atoms with Gasteiger partial charge >= 0.3 is 0 Å². The quantitative estimate of drug-likeness (QED) is 0.385. The number of aliphatic hydroxyl groups is 6. The summed E-state index contributed by atoms with van der Waals surface area (Å²) in [5.41, 5.74) is 0. The van der Waals surface area contributed by atoms with Crippen LogP contribution in [0.1, 0.15) is 25.7 Å². The molecule has 130 valence electrons. The summed E-state index contributed by atoms with van der Waals surface area (Å²) in [6, 6.07) is 0. The van der Waals surface area contributed by atoms with Crippen molar-refractivity contribution in [2.45, 2.75) is 37.9 Å². The Labute approximate surface area is 131 Å². The van der Waals surface area contributed by atoms with Crippen molar-refractivity contribution in [3.63, 3.8) is 0 Å². The van der Waals surface area contributed by atoms with E-state index >= 15 is 0 Å². The van der Waals surface area contributed by atoms with Gasteiger partial charge in [0.15, 0.2) is 0 Å². The summed E-state index contributed by atoms with van der Waals surface area (Å²) < 4.78 is 0. The summed E-state index contributed by atoms with van der Waals surface area (Å²) in [5.74, 6) is -0.474. The maximum Gasteiger partial charge on any atom is 0.0640 e. The third-order valence-corrected chi connectivity index (χ3v) is 5.96. The molecule has 6 heteroatoms. The maximum atomic E-state index is 10.1. The Morgan fingerprint density at radius 1 is 0.500 bits per heavy atom. The van der Waals surface area contributed by atoms with Crippen molar-refractivity contribution in [1.29, 1.82) is 0 Å². The molecule has 2 rings (SSSR count). The van der Waals surface area contributed by atoms with E-state index in [0.29, 0.717) is 25.7 Å².